The molecule has 1 heterocycles. The minimum atomic E-state index is 0.260. The molecule has 1 fully saturated rings. The maximum atomic E-state index is 9.24. The van der Waals surface area contributed by atoms with Crippen molar-refractivity contribution in [2.24, 2.45) is 0 Å². The lowest BCUT2D eigenvalue weighted by molar-refractivity contribution is 0.254. The third-order valence-electron chi connectivity index (χ3n) is 3.49. The highest BCUT2D eigenvalue weighted by Crippen LogP contribution is 2.16. The van der Waals surface area contributed by atoms with Crippen molar-refractivity contribution in [1.82, 2.24) is 10.2 Å². The summed E-state index contributed by atoms with van der Waals surface area (Å²) in [6.07, 6.45) is 3.29. The largest absolute Gasteiger partial charge is 0.395 e. The van der Waals surface area contributed by atoms with Gasteiger partial charge in [0.05, 0.1) is 6.61 Å². The van der Waals surface area contributed by atoms with Crippen LogP contribution in [0.3, 0.4) is 0 Å². The molecule has 0 bridgehead atoms. The fraction of sp³-hybridized carbons (Fsp3) is 1.00. The van der Waals surface area contributed by atoms with Crippen molar-refractivity contribution in [2.45, 2.75) is 50.6 Å². The summed E-state index contributed by atoms with van der Waals surface area (Å²) in [6.45, 7) is 9.29. The highest BCUT2D eigenvalue weighted by molar-refractivity contribution is 7.99. The molecule has 0 aromatic carbocycles. The normalized spacial score (nSPS) is 26.2. The molecule has 0 saturated carbocycles. The summed E-state index contributed by atoms with van der Waals surface area (Å²) in [6, 6.07) is 1.63. The van der Waals surface area contributed by atoms with E-state index in [1.807, 2.05) is 0 Å². The summed E-state index contributed by atoms with van der Waals surface area (Å²) < 4.78 is 0. The molecule has 16 heavy (non-hydrogen) atoms. The van der Waals surface area contributed by atoms with Crippen molar-refractivity contribution >= 4 is 11.8 Å². The Morgan fingerprint density at radius 1 is 1.44 bits per heavy atom. The highest BCUT2D eigenvalue weighted by atomic mass is 32.2. The number of nitrogens with one attached hydrogen (secondary N) is 1. The average Bonchev–Trinajstić information content (AvgIpc) is 2.68. The third-order valence-corrected chi connectivity index (χ3v) is 4.65. The Balaban J connectivity index is 2.33. The number of nitrogens with zero attached hydrogens (tertiary/aromatic N) is 1. The standard InChI is InChI=1S/C12H26N2OS/c1-9(2)14-6-5-11(7-14)13-10(3)12(8-15)16-4/h9-13,15H,5-8H2,1-4H3. The fourth-order valence-electron chi connectivity index (χ4n) is 2.31. The molecule has 0 aromatic heterocycles. The molecule has 3 atom stereocenters. The van der Waals surface area contributed by atoms with Crippen molar-refractivity contribution in [3.63, 3.8) is 0 Å². The Kier molecular flexibility index (Phi) is 6.11. The van der Waals surface area contributed by atoms with E-state index in [-0.39, 0.29) is 6.61 Å². The van der Waals surface area contributed by atoms with Gasteiger partial charge >= 0.3 is 0 Å². The topological polar surface area (TPSA) is 35.5 Å². The average molecular weight is 246 g/mol. The van der Waals surface area contributed by atoms with Crippen LogP contribution in [0.2, 0.25) is 0 Å². The van der Waals surface area contributed by atoms with E-state index < -0.39 is 0 Å². The van der Waals surface area contributed by atoms with Crippen molar-refractivity contribution in [3.05, 3.63) is 0 Å². The monoisotopic (exact) mass is 246 g/mol. The second-order valence-electron chi connectivity index (χ2n) is 4.99. The van der Waals surface area contributed by atoms with Gasteiger partial charge in [0.2, 0.25) is 0 Å². The first-order chi connectivity index (χ1) is 7.58. The smallest absolute Gasteiger partial charge is 0.0564 e. The number of aliphatic hydroxyl groups is 1. The van der Waals surface area contributed by atoms with E-state index in [9.17, 15) is 5.11 Å². The Labute approximate surface area is 104 Å². The number of aliphatic hydroxyl groups excluding tert-OH is 1. The van der Waals surface area contributed by atoms with Gasteiger partial charge in [-0.3, -0.25) is 4.90 Å². The van der Waals surface area contributed by atoms with Crippen LogP contribution in [-0.2, 0) is 0 Å². The summed E-state index contributed by atoms with van der Waals surface area (Å²) in [5.41, 5.74) is 0. The first-order valence-electron chi connectivity index (χ1n) is 6.22. The van der Waals surface area contributed by atoms with Crippen LogP contribution in [0.25, 0.3) is 0 Å². The predicted molar refractivity (Wildman–Crippen MR) is 72.1 cm³/mol. The van der Waals surface area contributed by atoms with Gasteiger partial charge in [0.1, 0.15) is 0 Å². The summed E-state index contributed by atoms with van der Waals surface area (Å²) in [5.74, 6) is 0. The number of likely N-dealkylation sites (tertiary alicyclic amines) is 1. The molecule has 3 unspecified atom stereocenters. The van der Waals surface area contributed by atoms with E-state index in [0.717, 1.165) is 6.54 Å². The van der Waals surface area contributed by atoms with Gasteiger partial charge in [-0.1, -0.05) is 0 Å². The second kappa shape index (κ2) is 6.84. The third kappa shape index (κ3) is 3.91. The van der Waals surface area contributed by atoms with Crippen molar-refractivity contribution < 1.29 is 5.11 Å². The molecule has 1 saturated heterocycles. The Morgan fingerprint density at radius 3 is 2.56 bits per heavy atom. The number of thioether (sulfide) groups is 1. The van der Waals surface area contributed by atoms with Gasteiger partial charge in [-0.05, 0) is 40.0 Å². The highest BCUT2D eigenvalue weighted by Gasteiger charge is 2.26. The van der Waals surface area contributed by atoms with Gasteiger partial charge in [0.25, 0.3) is 0 Å². The Hall–Kier alpha value is 0.230. The summed E-state index contributed by atoms with van der Waals surface area (Å²) in [7, 11) is 0. The van der Waals surface area contributed by atoms with Crippen LogP contribution in [0.15, 0.2) is 0 Å². The lowest BCUT2D eigenvalue weighted by Crippen LogP contribution is -2.45. The van der Waals surface area contributed by atoms with E-state index in [2.05, 4.69) is 37.2 Å². The van der Waals surface area contributed by atoms with E-state index in [0.29, 0.717) is 23.4 Å². The zero-order valence-electron chi connectivity index (χ0n) is 10.9. The van der Waals surface area contributed by atoms with E-state index in [1.54, 1.807) is 11.8 Å². The minimum Gasteiger partial charge on any atom is -0.395 e. The lowest BCUT2D eigenvalue weighted by Gasteiger charge is -2.26. The molecule has 0 aromatic rings. The fourth-order valence-corrected chi connectivity index (χ4v) is 2.94. The first-order valence-corrected chi connectivity index (χ1v) is 7.51. The van der Waals surface area contributed by atoms with Crippen molar-refractivity contribution in [1.29, 1.82) is 0 Å². The maximum absolute atomic E-state index is 9.24. The molecule has 0 aliphatic carbocycles. The van der Waals surface area contributed by atoms with Gasteiger partial charge in [-0.15, -0.1) is 0 Å². The summed E-state index contributed by atoms with van der Waals surface area (Å²) >= 11 is 1.74. The second-order valence-corrected chi connectivity index (χ2v) is 6.06. The Morgan fingerprint density at radius 2 is 2.12 bits per heavy atom. The van der Waals surface area contributed by atoms with Gasteiger partial charge in [0.15, 0.2) is 0 Å². The van der Waals surface area contributed by atoms with Crippen LogP contribution in [0.1, 0.15) is 27.2 Å². The zero-order chi connectivity index (χ0) is 12.1. The molecular weight excluding hydrogens is 220 g/mol. The predicted octanol–water partition coefficient (Wildman–Crippen LogP) is 1.17. The van der Waals surface area contributed by atoms with Crippen LogP contribution in [-0.4, -0.2) is 59.3 Å². The van der Waals surface area contributed by atoms with E-state index in [4.69, 9.17) is 0 Å². The molecule has 0 amide bonds. The molecule has 4 heteroatoms. The molecule has 2 N–H and O–H groups in total. The van der Waals surface area contributed by atoms with Gasteiger partial charge in [-0.25, -0.2) is 0 Å². The summed E-state index contributed by atoms with van der Waals surface area (Å²) in [4.78, 5) is 2.51. The van der Waals surface area contributed by atoms with Crippen LogP contribution < -0.4 is 5.32 Å². The molecule has 0 radical (unpaired) electrons. The molecule has 1 aliphatic rings. The lowest BCUT2D eigenvalue weighted by atomic mass is 10.2. The zero-order valence-corrected chi connectivity index (χ0v) is 11.8. The van der Waals surface area contributed by atoms with Gasteiger partial charge in [0, 0.05) is 29.9 Å². The van der Waals surface area contributed by atoms with Crippen LogP contribution in [0, 0.1) is 0 Å². The van der Waals surface area contributed by atoms with Crippen molar-refractivity contribution in [2.75, 3.05) is 26.0 Å². The first kappa shape index (κ1) is 14.3. The van der Waals surface area contributed by atoms with Crippen LogP contribution in [0.4, 0.5) is 0 Å². The van der Waals surface area contributed by atoms with E-state index in [1.165, 1.54) is 13.0 Å². The Bertz CT molecular complexity index is 197. The minimum absolute atomic E-state index is 0.260. The molecule has 1 aliphatic heterocycles. The van der Waals surface area contributed by atoms with Crippen LogP contribution >= 0.6 is 11.8 Å². The van der Waals surface area contributed by atoms with E-state index >= 15 is 0 Å². The van der Waals surface area contributed by atoms with Gasteiger partial charge in [-0.2, -0.15) is 11.8 Å². The number of hydrogen-bond acceptors (Lipinski definition) is 4. The molecule has 96 valence electrons. The van der Waals surface area contributed by atoms with Crippen molar-refractivity contribution in [3.8, 4) is 0 Å². The SMILES string of the molecule is CSC(CO)C(C)NC1CCN(C(C)C)C1. The molecule has 1 rings (SSSR count). The number of hydrogen-bond donors (Lipinski definition) is 2. The quantitative estimate of drug-likeness (QED) is 0.737. The molecule has 3 nitrogen and oxygen atoms in total. The maximum Gasteiger partial charge on any atom is 0.0564 e. The molecule has 0 spiro atoms. The van der Waals surface area contributed by atoms with Crippen LogP contribution in [0.5, 0.6) is 0 Å². The summed E-state index contributed by atoms with van der Waals surface area (Å²) in [5, 5.41) is 13.2. The molecular formula is C12H26N2OS. The van der Waals surface area contributed by atoms with Gasteiger partial charge < -0.3 is 10.4 Å². The number of rotatable bonds is 6.